The number of aliphatic carboxylic acids is 2. The summed E-state index contributed by atoms with van der Waals surface area (Å²) < 4.78 is 0. The van der Waals surface area contributed by atoms with Crippen molar-refractivity contribution in [2.45, 2.75) is 13.0 Å². The van der Waals surface area contributed by atoms with Crippen molar-refractivity contribution in [3.63, 3.8) is 0 Å². The van der Waals surface area contributed by atoms with Gasteiger partial charge in [0.1, 0.15) is 0 Å². The largest absolute Gasteiger partial charge is 0.480 e. The SMILES string of the molecule is CC(CO)N(CC(=O)O)CC(=O)O. The van der Waals surface area contributed by atoms with E-state index in [4.69, 9.17) is 15.3 Å². The highest BCUT2D eigenvalue weighted by Crippen LogP contribution is 1.97. The van der Waals surface area contributed by atoms with Gasteiger partial charge in [-0.2, -0.15) is 0 Å². The minimum absolute atomic E-state index is 0.263. The molecule has 0 aliphatic carbocycles. The van der Waals surface area contributed by atoms with Gasteiger partial charge in [-0.1, -0.05) is 0 Å². The Balaban J connectivity index is 4.17. The van der Waals surface area contributed by atoms with E-state index in [1.165, 1.54) is 4.90 Å². The van der Waals surface area contributed by atoms with Gasteiger partial charge in [0.25, 0.3) is 0 Å². The molecular formula is C7H13NO5. The molecule has 1 unspecified atom stereocenters. The Morgan fingerprint density at radius 1 is 1.23 bits per heavy atom. The second-order valence-electron chi connectivity index (χ2n) is 2.72. The fourth-order valence-corrected chi connectivity index (χ4v) is 0.831. The molecule has 0 saturated carbocycles. The third kappa shape index (κ3) is 5.15. The van der Waals surface area contributed by atoms with Crippen LogP contribution in [0.1, 0.15) is 6.92 Å². The molecule has 76 valence electrons. The van der Waals surface area contributed by atoms with E-state index in [9.17, 15) is 9.59 Å². The molecule has 0 aromatic carbocycles. The maximum atomic E-state index is 10.3. The molecule has 6 nitrogen and oxygen atoms in total. The van der Waals surface area contributed by atoms with Crippen LogP contribution in [0.2, 0.25) is 0 Å². The second kappa shape index (κ2) is 5.50. The Hall–Kier alpha value is -1.14. The van der Waals surface area contributed by atoms with E-state index in [1.807, 2.05) is 0 Å². The van der Waals surface area contributed by atoms with Crippen LogP contribution < -0.4 is 0 Å². The summed E-state index contributed by atoms with van der Waals surface area (Å²) in [6.07, 6.45) is 0. The Labute approximate surface area is 75.4 Å². The smallest absolute Gasteiger partial charge is 0.317 e. The lowest BCUT2D eigenvalue weighted by molar-refractivity contribution is -0.143. The number of aliphatic hydroxyl groups excluding tert-OH is 1. The van der Waals surface area contributed by atoms with Gasteiger partial charge in [0.15, 0.2) is 0 Å². The van der Waals surface area contributed by atoms with E-state index in [2.05, 4.69) is 0 Å². The molecular weight excluding hydrogens is 178 g/mol. The van der Waals surface area contributed by atoms with Crippen molar-refractivity contribution in [1.82, 2.24) is 4.90 Å². The van der Waals surface area contributed by atoms with Crippen LogP contribution in [0.4, 0.5) is 0 Å². The van der Waals surface area contributed by atoms with E-state index < -0.39 is 18.0 Å². The predicted molar refractivity (Wildman–Crippen MR) is 43.4 cm³/mol. The lowest BCUT2D eigenvalue weighted by Gasteiger charge is -2.23. The zero-order valence-electron chi connectivity index (χ0n) is 7.30. The molecule has 0 spiro atoms. The third-order valence-electron chi connectivity index (χ3n) is 1.56. The fourth-order valence-electron chi connectivity index (χ4n) is 0.831. The van der Waals surface area contributed by atoms with Gasteiger partial charge in [0.05, 0.1) is 19.7 Å². The average molecular weight is 191 g/mol. The lowest BCUT2D eigenvalue weighted by atomic mass is 10.3. The van der Waals surface area contributed by atoms with Crippen LogP contribution >= 0.6 is 0 Å². The first-order valence-electron chi connectivity index (χ1n) is 3.76. The molecule has 0 aliphatic rings. The van der Waals surface area contributed by atoms with Crippen molar-refractivity contribution in [1.29, 1.82) is 0 Å². The number of hydrogen-bond donors (Lipinski definition) is 3. The van der Waals surface area contributed by atoms with Crippen LogP contribution in [0.5, 0.6) is 0 Å². The topological polar surface area (TPSA) is 98.1 Å². The molecule has 0 aliphatic heterocycles. The average Bonchev–Trinajstić information content (AvgIpc) is 2.00. The Bertz CT molecular complexity index is 177. The number of carboxylic acid groups (broad SMARTS) is 2. The molecule has 0 aromatic rings. The first-order chi connectivity index (χ1) is 5.97. The number of aliphatic hydroxyl groups is 1. The van der Waals surface area contributed by atoms with Crippen molar-refractivity contribution in [2.24, 2.45) is 0 Å². The highest BCUT2D eigenvalue weighted by Gasteiger charge is 2.18. The zero-order valence-corrected chi connectivity index (χ0v) is 7.30. The van der Waals surface area contributed by atoms with Crippen LogP contribution in [0, 0.1) is 0 Å². The second-order valence-corrected chi connectivity index (χ2v) is 2.72. The Morgan fingerprint density at radius 3 is 1.85 bits per heavy atom. The first kappa shape index (κ1) is 11.9. The van der Waals surface area contributed by atoms with Gasteiger partial charge in [-0.25, -0.2) is 0 Å². The number of nitrogens with zero attached hydrogens (tertiary/aromatic N) is 1. The zero-order chi connectivity index (χ0) is 10.4. The van der Waals surface area contributed by atoms with Crippen molar-refractivity contribution >= 4 is 11.9 Å². The molecule has 0 rings (SSSR count). The molecule has 3 N–H and O–H groups in total. The van der Waals surface area contributed by atoms with Gasteiger partial charge >= 0.3 is 11.9 Å². The molecule has 6 heteroatoms. The van der Waals surface area contributed by atoms with Crippen molar-refractivity contribution in [3.05, 3.63) is 0 Å². The molecule has 0 fully saturated rings. The molecule has 0 heterocycles. The number of hydrogen-bond acceptors (Lipinski definition) is 4. The van der Waals surface area contributed by atoms with Crippen LogP contribution in [0.15, 0.2) is 0 Å². The van der Waals surface area contributed by atoms with Gasteiger partial charge in [0, 0.05) is 6.04 Å². The summed E-state index contributed by atoms with van der Waals surface area (Å²) in [5.74, 6) is -2.22. The summed E-state index contributed by atoms with van der Waals surface area (Å²) in [6, 6.07) is -0.466. The summed E-state index contributed by atoms with van der Waals surface area (Å²) in [7, 11) is 0. The van der Waals surface area contributed by atoms with Crippen molar-refractivity contribution in [3.8, 4) is 0 Å². The molecule has 1 atom stereocenters. The predicted octanol–water partition coefficient (Wildman–Crippen LogP) is -1.16. The fraction of sp³-hybridized carbons (Fsp3) is 0.714. The van der Waals surface area contributed by atoms with Gasteiger partial charge < -0.3 is 15.3 Å². The minimum atomic E-state index is -1.11. The Morgan fingerprint density at radius 2 is 1.62 bits per heavy atom. The van der Waals surface area contributed by atoms with Crippen LogP contribution in [-0.4, -0.2) is 57.9 Å². The summed E-state index contributed by atoms with van der Waals surface area (Å²) in [5.41, 5.74) is 0. The van der Waals surface area contributed by atoms with Crippen LogP contribution in [-0.2, 0) is 9.59 Å². The monoisotopic (exact) mass is 191 g/mol. The maximum Gasteiger partial charge on any atom is 0.317 e. The van der Waals surface area contributed by atoms with Crippen LogP contribution in [0.3, 0.4) is 0 Å². The van der Waals surface area contributed by atoms with Crippen molar-refractivity contribution < 1.29 is 24.9 Å². The summed E-state index contributed by atoms with van der Waals surface area (Å²) in [6.45, 7) is 0.536. The van der Waals surface area contributed by atoms with Gasteiger partial charge in [-0.05, 0) is 6.92 Å². The molecule has 0 saturated heterocycles. The van der Waals surface area contributed by atoms with E-state index in [0.29, 0.717) is 0 Å². The lowest BCUT2D eigenvalue weighted by Crippen LogP contribution is -2.42. The molecule has 0 radical (unpaired) electrons. The number of rotatable bonds is 6. The highest BCUT2D eigenvalue weighted by atomic mass is 16.4. The van der Waals surface area contributed by atoms with Crippen LogP contribution in [0.25, 0.3) is 0 Å². The molecule has 0 amide bonds. The van der Waals surface area contributed by atoms with Gasteiger partial charge in [-0.3, -0.25) is 14.5 Å². The highest BCUT2D eigenvalue weighted by molar-refractivity contribution is 5.72. The number of carbonyl (C=O) groups is 2. The molecule has 13 heavy (non-hydrogen) atoms. The standard InChI is InChI=1S/C7H13NO5/c1-5(4-9)8(2-6(10)11)3-7(12)13/h5,9H,2-4H2,1H3,(H,10,11)(H,12,13). The normalized spacial score (nSPS) is 12.8. The summed E-state index contributed by atoms with van der Waals surface area (Å²) >= 11 is 0. The summed E-state index contributed by atoms with van der Waals surface area (Å²) in [5, 5.41) is 25.6. The van der Waals surface area contributed by atoms with E-state index in [-0.39, 0.29) is 19.7 Å². The quantitative estimate of drug-likeness (QED) is 0.489. The maximum absolute atomic E-state index is 10.3. The summed E-state index contributed by atoms with van der Waals surface area (Å²) in [4.78, 5) is 21.8. The van der Waals surface area contributed by atoms with Crippen molar-refractivity contribution in [2.75, 3.05) is 19.7 Å². The van der Waals surface area contributed by atoms with E-state index in [1.54, 1.807) is 6.92 Å². The van der Waals surface area contributed by atoms with Gasteiger partial charge in [0.2, 0.25) is 0 Å². The molecule has 0 aromatic heterocycles. The van der Waals surface area contributed by atoms with E-state index >= 15 is 0 Å². The minimum Gasteiger partial charge on any atom is -0.480 e. The van der Waals surface area contributed by atoms with Gasteiger partial charge in [-0.15, -0.1) is 0 Å². The molecule has 0 bridgehead atoms. The number of carboxylic acids is 2. The first-order valence-corrected chi connectivity index (χ1v) is 3.76. The van der Waals surface area contributed by atoms with E-state index in [0.717, 1.165) is 0 Å². The Kier molecular flexibility index (Phi) is 5.01. The third-order valence-corrected chi connectivity index (χ3v) is 1.56.